The van der Waals surface area contributed by atoms with Gasteiger partial charge in [0, 0.05) is 11.9 Å². The molecule has 0 unspecified atom stereocenters. The Bertz CT molecular complexity index is 241. The first kappa shape index (κ1) is 6.82. The van der Waals surface area contributed by atoms with Crippen LogP contribution in [-0.4, -0.2) is 10.9 Å². The number of nitrogen functional groups attached to an aromatic ring is 1. The Balaban J connectivity index is 2.85. The predicted octanol–water partition coefficient (Wildman–Crippen LogP) is -0.0734. The molecule has 1 amide bonds. The van der Waals surface area contributed by atoms with Gasteiger partial charge in [0.15, 0.2) is 0 Å². The highest BCUT2D eigenvalue weighted by molar-refractivity contribution is 5.93. The van der Waals surface area contributed by atoms with Crippen LogP contribution in [-0.2, 0) is 0 Å². The highest BCUT2D eigenvalue weighted by Crippen LogP contribution is 2.00. The van der Waals surface area contributed by atoms with Gasteiger partial charge in [0.2, 0.25) is 0 Å². The smallest absolute Gasteiger partial charge is 0.266 e. The van der Waals surface area contributed by atoms with Crippen LogP contribution in [0.1, 0.15) is 16.1 Å². The third-order valence-corrected chi connectivity index (χ3v) is 1.22. The van der Waals surface area contributed by atoms with Crippen molar-refractivity contribution in [2.75, 3.05) is 0 Å². The van der Waals surface area contributed by atoms with E-state index in [1.165, 1.54) is 0 Å². The lowest BCUT2D eigenvalue weighted by Gasteiger charge is -1.91. The van der Waals surface area contributed by atoms with Crippen LogP contribution in [0.25, 0.3) is 0 Å². The SMILES string of the molecule is Cc1cc(C(=O)NN)c[nH]1. The summed E-state index contributed by atoms with van der Waals surface area (Å²) < 4.78 is 0. The van der Waals surface area contributed by atoms with Gasteiger partial charge in [-0.25, -0.2) is 5.84 Å². The molecule has 0 radical (unpaired) electrons. The molecule has 1 rings (SSSR count). The molecule has 4 nitrogen and oxygen atoms in total. The number of amides is 1. The number of hydrogen-bond acceptors (Lipinski definition) is 2. The van der Waals surface area contributed by atoms with Crippen LogP contribution < -0.4 is 11.3 Å². The van der Waals surface area contributed by atoms with E-state index in [2.05, 4.69) is 4.98 Å². The number of H-pyrrole nitrogens is 1. The fourth-order valence-corrected chi connectivity index (χ4v) is 0.723. The third-order valence-electron chi connectivity index (χ3n) is 1.22. The topological polar surface area (TPSA) is 70.9 Å². The number of hydrogen-bond donors (Lipinski definition) is 3. The maximum Gasteiger partial charge on any atom is 0.266 e. The molecule has 0 aliphatic rings. The van der Waals surface area contributed by atoms with Gasteiger partial charge in [-0.05, 0) is 13.0 Å². The average molecular weight is 139 g/mol. The Morgan fingerprint density at radius 2 is 2.50 bits per heavy atom. The number of nitrogens with two attached hydrogens (primary N) is 1. The number of nitrogens with one attached hydrogen (secondary N) is 2. The molecule has 1 aromatic heterocycles. The first-order chi connectivity index (χ1) is 4.74. The monoisotopic (exact) mass is 139 g/mol. The zero-order chi connectivity index (χ0) is 7.56. The number of aromatic amines is 1. The van der Waals surface area contributed by atoms with E-state index in [4.69, 9.17) is 5.84 Å². The van der Waals surface area contributed by atoms with Crippen molar-refractivity contribution in [2.45, 2.75) is 6.92 Å². The standard InChI is InChI=1S/C6H9N3O/c1-4-2-5(3-8-4)6(10)9-7/h2-3,8H,7H2,1H3,(H,9,10). The number of carbonyl (C=O) groups excluding carboxylic acids is 1. The van der Waals surface area contributed by atoms with Crippen molar-refractivity contribution in [3.63, 3.8) is 0 Å². The van der Waals surface area contributed by atoms with E-state index in [0.29, 0.717) is 5.56 Å². The second-order valence-corrected chi connectivity index (χ2v) is 2.04. The first-order valence-electron chi connectivity index (χ1n) is 2.90. The van der Waals surface area contributed by atoms with Crippen LogP contribution in [0.5, 0.6) is 0 Å². The van der Waals surface area contributed by atoms with E-state index < -0.39 is 0 Å². The molecule has 4 N–H and O–H groups in total. The van der Waals surface area contributed by atoms with Crippen molar-refractivity contribution in [2.24, 2.45) is 5.84 Å². The number of aryl methyl sites for hydroxylation is 1. The molecule has 0 fully saturated rings. The van der Waals surface area contributed by atoms with E-state index in [0.717, 1.165) is 5.69 Å². The lowest BCUT2D eigenvalue weighted by Crippen LogP contribution is -2.29. The largest absolute Gasteiger partial charge is 0.364 e. The molecule has 0 saturated heterocycles. The van der Waals surface area contributed by atoms with Gasteiger partial charge < -0.3 is 4.98 Å². The summed E-state index contributed by atoms with van der Waals surface area (Å²) in [6, 6.07) is 1.72. The van der Waals surface area contributed by atoms with Crippen LogP contribution >= 0.6 is 0 Å². The molecule has 10 heavy (non-hydrogen) atoms. The Kier molecular flexibility index (Phi) is 1.73. The second kappa shape index (κ2) is 2.53. The summed E-state index contributed by atoms with van der Waals surface area (Å²) >= 11 is 0. The summed E-state index contributed by atoms with van der Waals surface area (Å²) in [5, 5.41) is 0. The van der Waals surface area contributed by atoms with Crippen molar-refractivity contribution in [1.29, 1.82) is 0 Å². The molecule has 0 aliphatic heterocycles. The predicted molar refractivity (Wildman–Crippen MR) is 37.2 cm³/mol. The Morgan fingerprint density at radius 3 is 2.90 bits per heavy atom. The molecule has 0 saturated carbocycles. The normalized spacial score (nSPS) is 9.40. The fraction of sp³-hybridized carbons (Fsp3) is 0.167. The van der Waals surface area contributed by atoms with Gasteiger partial charge in [-0.1, -0.05) is 0 Å². The summed E-state index contributed by atoms with van der Waals surface area (Å²) in [6.45, 7) is 1.87. The maximum atomic E-state index is 10.8. The van der Waals surface area contributed by atoms with E-state index >= 15 is 0 Å². The van der Waals surface area contributed by atoms with Gasteiger partial charge in [0.25, 0.3) is 5.91 Å². The first-order valence-corrected chi connectivity index (χ1v) is 2.90. The fourth-order valence-electron chi connectivity index (χ4n) is 0.723. The molecular formula is C6H9N3O. The number of aromatic nitrogens is 1. The van der Waals surface area contributed by atoms with Gasteiger partial charge >= 0.3 is 0 Å². The minimum absolute atomic E-state index is 0.274. The highest BCUT2D eigenvalue weighted by atomic mass is 16.2. The quantitative estimate of drug-likeness (QED) is 0.289. The highest BCUT2D eigenvalue weighted by Gasteiger charge is 2.02. The van der Waals surface area contributed by atoms with Gasteiger partial charge in [-0.15, -0.1) is 0 Å². The average Bonchev–Trinajstić information content (AvgIpc) is 2.34. The summed E-state index contributed by atoms with van der Waals surface area (Å²) in [5.74, 6) is 4.63. The molecular weight excluding hydrogens is 130 g/mol. The number of hydrazine groups is 1. The number of rotatable bonds is 1. The van der Waals surface area contributed by atoms with Gasteiger partial charge in [0.1, 0.15) is 0 Å². The minimum atomic E-state index is -0.274. The molecule has 0 aliphatic carbocycles. The molecule has 0 aromatic carbocycles. The summed E-state index contributed by atoms with van der Waals surface area (Å²) in [5.41, 5.74) is 3.53. The van der Waals surface area contributed by atoms with E-state index in [9.17, 15) is 4.79 Å². The Labute approximate surface area is 58.4 Å². The van der Waals surface area contributed by atoms with Gasteiger partial charge in [-0.3, -0.25) is 10.2 Å². The van der Waals surface area contributed by atoms with Crippen LogP contribution in [0.2, 0.25) is 0 Å². The molecule has 0 atom stereocenters. The van der Waals surface area contributed by atoms with Crippen LogP contribution in [0.4, 0.5) is 0 Å². The second-order valence-electron chi connectivity index (χ2n) is 2.04. The third kappa shape index (κ3) is 1.16. The molecule has 1 aromatic rings. The van der Waals surface area contributed by atoms with E-state index in [1.807, 2.05) is 12.3 Å². The van der Waals surface area contributed by atoms with Crippen molar-refractivity contribution in [1.82, 2.24) is 10.4 Å². The van der Waals surface area contributed by atoms with Crippen molar-refractivity contribution >= 4 is 5.91 Å². The molecule has 1 heterocycles. The minimum Gasteiger partial charge on any atom is -0.364 e. The Morgan fingerprint density at radius 1 is 1.80 bits per heavy atom. The van der Waals surface area contributed by atoms with E-state index in [-0.39, 0.29) is 5.91 Å². The molecule has 0 bridgehead atoms. The van der Waals surface area contributed by atoms with Gasteiger partial charge in [-0.2, -0.15) is 0 Å². The summed E-state index contributed by atoms with van der Waals surface area (Å²) in [7, 11) is 0. The van der Waals surface area contributed by atoms with Gasteiger partial charge in [0.05, 0.1) is 5.56 Å². The molecule has 54 valence electrons. The molecule has 4 heteroatoms. The number of carbonyl (C=O) groups is 1. The van der Waals surface area contributed by atoms with Crippen molar-refractivity contribution < 1.29 is 4.79 Å². The summed E-state index contributed by atoms with van der Waals surface area (Å²) in [6.07, 6.45) is 1.61. The lowest BCUT2D eigenvalue weighted by atomic mass is 10.3. The van der Waals surface area contributed by atoms with Crippen LogP contribution in [0.15, 0.2) is 12.3 Å². The summed E-state index contributed by atoms with van der Waals surface area (Å²) in [4.78, 5) is 13.6. The van der Waals surface area contributed by atoms with Crippen LogP contribution in [0, 0.1) is 6.92 Å². The van der Waals surface area contributed by atoms with Crippen molar-refractivity contribution in [3.8, 4) is 0 Å². The Hall–Kier alpha value is -1.29. The lowest BCUT2D eigenvalue weighted by molar-refractivity contribution is 0.0954. The van der Waals surface area contributed by atoms with E-state index in [1.54, 1.807) is 12.3 Å². The van der Waals surface area contributed by atoms with Crippen molar-refractivity contribution in [3.05, 3.63) is 23.5 Å². The zero-order valence-electron chi connectivity index (χ0n) is 5.64. The maximum absolute atomic E-state index is 10.8. The van der Waals surface area contributed by atoms with Crippen LogP contribution in [0.3, 0.4) is 0 Å². The molecule has 0 spiro atoms. The zero-order valence-corrected chi connectivity index (χ0v) is 5.64.